The van der Waals surface area contributed by atoms with Crippen LogP contribution in [-0.4, -0.2) is 29.2 Å². The summed E-state index contributed by atoms with van der Waals surface area (Å²) in [5.74, 6) is 0.215. The monoisotopic (exact) mass is 205 g/mol. The lowest BCUT2D eigenvalue weighted by Gasteiger charge is -2.38. The summed E-state index contributed by atoms with van der Waals surface area (Å²) >= 11 is 0. The second-order valence-corrected chi connectivity index (χ2v) is 5.10. The average Bonchev–Trinajstić information content (AvgIpc) is 2.15. The Hall–Kier alpha value is -0.860. The first-order chi connectivity index (χ1) is 6.98. The van der Waals surface area contributed by atoms with Crippen molar-refractivity contribution in [1.29, 1.82) is 0 Å². The number of nitrogens with zero attached hydrogens (tertiary/aromatic N) is 1. The zero-order valence-electron chi connectivity index (χ0n) is 9.70. The van der Waals surface area contributed by atoms with Crippen molar-refractivity contribution in [1.82, 2.24) is 4.90 Å². The quantitative estimate of drug-likeness (QED) is 0.758. The van der Waals surface area contributed by atoms with Crippen molar-refractivity contribution in [3.8, 4) is 0 Å². The molecule has 1 aliphatic rings. The van der Waals surface area contributed by atoms with Crippen molar-refractivity contribution in [2.75, 3.05) is 13.6 Å². The average molecular weight is 205 g/mol. The maximum atomic E-state index is 10.2. The van der Waals surface area contributed by atoms with Crippen LogP contribution in [0.3, 0.4) is 0 Å². The standard InChI is InChI=1S/C13H19NO/c1-13(2,15)12-9-14(3)8-10-6-4-5-7-11(10)12/h4-7,12,15H,8-9H2,1-3H3. The molecule has 1 N–H and O–H groups in total. The van der Waals surface area contributed by atoms with Gasteiger partial charge in [0.15, 0.2) is 0 Å². The Labute approximate surface area is 91.5 Å². The van der Waals surface area contributed by atoms with Gasteiger partial charge in [0, 0.05) is 19.0 Å². The van der Waals surface area contributed by atoms with Crippen molar-refractivity contribution < 1.29 is 5.11 Å². The number of fused-ring (bicyclic) bond motifs is 1. The van der Waals surface area contributed by atoms with Crippen molar-refractivity contribution >= 4 is 0 Å². The van der Waals surface area contributed by atoms with Crippen molar-refractivity contribution in [2.24, 2.45) is 0 Å². The minimum atomic E-state index is -0.648. The number of rotatable bonds is 1. The van der Waals surface area contributed by atoms with Crippen LogP contribution in [-0.2, 0) is 6.54 Å². The largest absolute Gasteiger partial charge is 0.390 e. The van der Waals surface area contributed by atoms with Crippen molar-refractivity contribution in [3.63, 3.8) is 0 Å². The SMILES string of the molecule is CN1Cc2ccccc2C(C(C)(C)O)C1. The molecular weight excluding hydrogens is 186 g/mol. The molecule has 0 radical (unpaired) electrons. The Bertz CT molecular complexity index is 354. The highest BCUT2D eigenvalue weighted by Gasteiger charge is 2.33. The fraction of sp³-hybridized carbons (Fsp3) is 0.538. The number of hydrogen-bond acceptors (Lipinski definition) is 2. The Kier molecular flexibility index (Phi) is 2.57. The van der Waals surface area contributed by atoms with Gasteiger partial charge in [-0.2, -0.15) is 0 Å². The van der Waals surface area contributed by atoms with E-state index in [0.29, 0.717) is 0 Å². The van der Waals surface area contributed by atoms with E-state index in [0.717, 1.165) is 13.1 Å². The number of benzene rings is 1. The third-order valence-corrected chi connectivity index (χ3v) is 3.22. The molecule has 0 fully saturated rings. The number of aliphatic hydroxyl groups is 1. The minimum Gasteiger partial charge on any atom is -0.390 e. The first-order valence-corrected chi connectivity index (χ1v) is 5.47. The summed E-state index contributed by atoms with van der Waals surface area (Å²) in [5, 5.41) is 10.2. The van der Waals surface area contributed by atoms with Gasteiger partial charge in [0.25, 0.3) is 0 Å². The van der Waals surface area contributed by atoms with E-state index in [2.05, 4.69) is 36.2 Å². The highest BCUT2D eigenvalue weighted by molar-refractivity contribution is 5.34. The molecular formula is C13H19NO. The third kappa shape index (κ3) is 2.06. The second kappa shape index (κ2) is 3.62. The van der Waals surface area contributed by atoms with Crippen LogP contribution in [0.2, 0.25) is 0 Å². The van der Waals surface area contributed by atoms with Crippen LogP contribution in [0, 0.1) is 0 Å². The zero-order valence-corrected chi connectivity index (χ0v) is 9.70. The molecule has 1 aromatic carbocycles. The molecule has 1 atom stereocenters. The Morgan fingerprint density at radius 3 is 2.67 bits per heavy atom. The van der Waals surface area contributed by atoms with Crippen molar-refractivity contribution in [3.05, 3.63) is 35.4 Å². The molecule has 2 nitrogen and oxygen atoms in total. The summed E-state index contributed by atoms with van der Waals surface area (Å²) in [6.07, 6.45) is 0. The predicted octanol–water partition coefficient (Wildman–Crippen LogP) is 1.99. The molecule has 15 heavy (non-hydrogen) atoms. The van der Waals surface area contributed by atoms with Gasteiger partial charge in [-0.15, -0.1) is 0 Å². The molecule has 0 saturated heterocycles. The van der Waals surface area contributed by atoms with Gasteiger partial charge in [-0.3, -0.25) is 0 Å². The van der Waals surface area contributed by atoms with Gasteiger partial charge >= 0.3 is 0 Å². The van der Waals surface area contributed by atoms with Crippen LogP contribution in [0.25, 0.3) is 0 Å². The topological polar surface area (TPSA) is 23.5 Å². The second-order valence-electron chi connectivity index (χ2n) is 5.10. The van der Waals surface area contributed by atoms with E-state index >= 15 is 0 Å². The first-order valence-electron chi connectivity index (χ1n) is 5.47. The Balaban J connectivity index is 2.43. The molecule has 0 bridgehead atoms. The number of likely N-dealkylation sites (N-methyl/N-ethyl adjacent to an activating group) is 1. The molecule has 0 aromatic heterocycles. The van der Waals surface area contributed by atoms with E-state index in [1.165, 1.54) is 11.1 Å². The van der Waals surface area contributed by atoms with Crippen LogP contribution in [0.15, 0.2) is 24.3 Å². The molecule has 82 valence electrons. The summed E-state index contributed by atoms with van der Waals surface area (Å²) < 4.78 is 0. The highest BCUT2D eigenvalue weighted by Crippen LogP contribution is 2.34. The lowest BCUT2D eigenvalue weighted by Crippen LogP contribution is -2.41. The number of hydrogen-bond donors (Lipinski definition) is 1. The van der Waals surface area contributed by atoms with Crippen LogP contribution in [0.4, 0.5) is 0 Å². The van der Waals surface area contributed by atoms with E-state index in [1.54, 1.807) is 0 Å². The van der Waals surface area contributed by atoms with E-state index in [1.807, 2.05) is 13.8 Å². The van der Waals surface area contributed by atoms with E-state index < -0.39 is 5.60 Å². The highest BCUT2D eigenvalue weighted by atomic mass is 16.3. The van der Waals surface area contributed by atoms with Gasteiger partial charge in [0.05, 0.1) is 5.60 Å². The minimum absolute atomic E-state index is 0.215. The molecule has 0 amide bonds. The molecule has 0 saturated carbocycles. The van der Waals surface area contributed by atoms with Gasteiger partial charge in [-0.1, -0.05) is 24.3 Å². The molecule has 1 aliphatic heterocycles. The normalized spacial score (nSPS) is 22.5. The van der Waals surface area contributed by atoms with Crippen LogP contribution >= 0.6 is 0 Å². The first kappa shape index (κ1) is 10.7. The van der Waals surface area contributed by atoms with Gasteiger partial charge in [-0.05, 0) is 32.0 Å². The summed E-state index contributed by atoms with van der Waals surface area (Å²) in [6, 6.07) is 8.43. The van der Waals surface area contributed by atoms with E-state index in [-0.39, 0.29) is 5.92 Å². The molecule has 1 aromatic rings. The van der Waals surface area contributed by atoms with Crippen LogP contribution < -0.4 is 0 Å². The van der Waals surface area contributed by atoms with Crippen LogP contribution in [0.1, 0.15) is 30.9 Å². The van der Waals surface area contributed by atoms with Gasteiger partial charge in [0.2, 0.25) is 0 Å². The Morgan fingerprint density at radius 2 is 2.00 bits per heavy atom. The molecule has 2 heteroatoms. The third-order valence-electron chi connectivity index (χ3n) is 3.22. The summed E-state index contributed by atoms with van der Waals surface area (Å²) in [4.78, 5) is 2.27. The molecule has 0 spiro atoms. The lowest BCUT2D eigenvalue weighted by molar-refractivity contribution is 0.0314. The maximum Gasteiger partial charge on any atom is 0.0672 e. The van der Waals surface area contributed by atoms with E-state index in [9.17, 15) is 5.11 Å². The Morgan fingerprint density at radius 1 is 1.33 bits per heavy atom. The van der Waals surface area contributed by atoms with Crippen LogP contribution in [0.5, 0.6) is 0 Å². The molecule has 1 heterocycles. The van der Waals surface area contributed by atoms with Gasteiger partial charge < -0.3 is 10.0 Å². The fourth-order valence-electron chi connectivity index (χ4n) is 2.39. The van der Waals surface area contributed by atoms with Gasteiger partial charge in [0.1, 0.15) is 0 Å². The van der Waals surface area contributed by atoms with Gasteiger partial charge in [-0.25, -0.2) is 0 Å². The lowest BCUT2D eigenvalue weighted by atomic mass is 9.80. The fourth-order valence-corrected chi connectivity index (χ4v) is 2.39. The molecule has 2 rings (SSSR count). The predicted molar refractivity (Wildman–Crippen MR) is 61.8 cm³/mol. The smallest absolute Gasteiger partial charge is 0.0672 e. The summed E-state index contributed by atoms with van der Waals surface area (Å²) in [7, 11) is 2.11. The van der Waals surface area contributed by atoms with Crippen molar-refractivity contribution in [2.45, 2.75) is 31.9 Å². The van der Waals surface area contributed by atoms with E-state index in [4.69, 9.17) is 0 Å². The summed E-state index contributed by atoms with van der Waals surface area (Å²) in [5.41, 5.74) is 2.01. The maximum absolute atomic E-state index is 10.2. The molecule has 1 unspecified atom stereocenters. The summed E-state index contributed by atoms with van der Waals surface area (Å²) in [6.45, 7) is 5.71. The zero-order chi connectivity index (χ0) is 11.1. The molecule has 0 aliphatic carbocycles.